The summed E-state index contributed by atoms with van der Waals surface area (Å²) < 4.78 is 10.1. The lowest BCUT2D eigenvalue weighted by atomic mass is 9.71. The molecule has 2 nitrogen and oxygen atoms in total. The van der Waals surface area contributed by atoms with Gasteiger partial charge in [0.25, 0.3) is 0 Å². The van der Waals surface area contributed by atoms with Crippen LogP contribution in [0.1, 0.15) is 23.6 Å². The van der Waals surface area contributed by atoms with Gasteiger partial charge in [0, 0.05) is 5.41 Å². The van der Waals surface area contributed by atoms with Crippen LogP contribution in [-0.4, -0.2) is 7.11 Å². The van der Waals surface area contributed by atoms with Crippen LogP contribution in [0.2, 0.25) is 0 Å². The lowest BCUT2D eigenvalue weighted by molar-refractivity contribution is 0.414. The minimum absolute atomic E-state index is 0.293. The molecule has 0 fully saturated rings. The Balaban J connectivity index is 2.16. The van der Waals surface area contributed by atoms with E-state index in [-0.39, 0.29) is 5.41 Å². The molecule has 1 atom stereocenters. The zero-order chi connectivity index (χ0) is 17.0. The van der Waals surface area contributed by atoms with Gasteiger partial charge in [-0.25, -0.2) is 0 Å². The molecule has 3 aromatic rings. The van der Waals surface area contributed by atoms with Crippen LogP contribution >= 0.6 is 11.9 Å². The Bertz CT molecular complexity index is 733. The Morgan fingerprint density at radius 1 is 0.667 bits per heavy atom. The van der Waals surface area contributed by atoms with E-state index in [0.717, 1.165) is 11.3 Å². The molecule has 0 saturated heterocycles. The SMILES string of the molecule is COc1ccc(C(C)(c2ccccc2)c2ccc(OCl)cc2)cc1. The Labute approximate surface area is 147 Å². The number of methoxy groups -OCH3 is 1. The van der Waals surface area contributed by atoms with Gasteiger partial charge in [-0.1, -0.05) is 54.6 Å². The number of ether oxygens (including phenoxy) is 1. The van der Waals surface area contributed by atoms with Gasteiger partial charge in [0.15, 0.2) is 0 Å². The van der Waals surface area contributed by atoms with Crippen molar-refractivity contribution in [3.05, 3.63) is 95.6 Å². The van der Waals surface area contributed by atoms with E-state index in [4.69, 9.17) is 20.9 Å². The maximum atomic E-state index is 5.45. The molecule has 3 aromatic carbocycles. The summed E-state index contributed by atoms with van der Waals surface area (Å²) in [6, 6.07) is 26.5. The van der Waals surface area contributed by atoms with E-state index >= 15 is 0 Å². The summed E-state index contributed by atoms with van der Waals surface area (Å²) in [5, 5.41) is 0. The van der Waals surface area contributed by atoms with Gasteiger partial charge in [-0.15, -0.1) is 0 Å². The summed E-state index contributed by atoms with van der Waals surface area (Å²) in [7, 11) is 1.68. The van der Waals surface area contributed by atoms with Crippen molar-refractivity contribution >= 4 is 11.9 Å². The second-order valence-electron chi connectivity index (χ2n) is 5.82. The van der Waals surface area contributed by atoms with Crippen LogP contribution in [0, 0.1) is 0 Å². The first-order valence-corrected chi connectivity index (χ1v) is 8.08. The van der Waals surface area contributed by atoms with E-state index in [9.17, 15) is 0 Å². The summed E-state index contributed by atoms with van der Waals surface area (Å²) in [4.78, 5) is 0. The van der Waals surface area contributed by atoms with Crippen LogP contribution in [0.4, 0.5) is 0 Å². The zero-order valence-electron chi connectivity index (χ0n) is 13.7. The normalized spacial score (nSPS) is 13.1. The predicted octanol–water partition coefficient (Wildman–Crippen LogP) is 5.58. The molecule has 0 saturated carbocycles. The molecule has 0 aromatic heterocycles. The Kier molecular flexibility index (Phi) is 4.77. The van der Waals surface area contributed by atoms with E-state index in [1.54, 1.807) is 7.11 Å². The first kappa shape index (κ1) is 16.4. The van der Waals surface area contributed by atoms with Crippen molar-refractivity contribution in [1.29, 1.82) is 0 Å². The van der Waals surface area contributed by atoms with Crippen LogP contribution in [0.3, 0.4) is 0 Å². The summed E-state index contributed by atoms with van der Waals surface area (Å²) >= 11 is 5.45. The van der Waals surface area contributed by atoms with Crippen molar-refractivity contribution in [2.75, 3.05) is 7.11 Å². The molecule has 0 amide bonds. The van der Waals surface area contributed by atoms with Crippen molar-refractivity contribution in [2.45, 2.75) is 12.3 Å². The number of hydrogen-bond acceptors (Lipinski definition) is 2. The van der Waals surface area contributed by atoms with Crippen LogP contribution in [0.25, 0.3) is 0 Å². The summed E-state index contributed by atoms with van der Waals surface area (Å²) in [5.74, 6) is 1.48. The number of halogens is 1. The number of rotatable bonds is 5. The average Bonchev–Trinajstić information content (AvgIpc) is 2.68. The van der Waals surface area contributed by atoms with Gasteiger partial charge >= 0.3 is 0 Å². The monoisotopic (exact) mass is 338 g/mol. The minimum atomic E-state index is -0.293. The van der Waals surface area contributed by atoms with E-state index in [1.165, 1.54) is 11.1 Å². The standard InChI is InChI=1S/C21H19ClO2/c1-21(16-6-4-3-5-7-16,17-8-12-19(23-2)13-9-17)18-10-14-20(24-22)15-11-18/h3-15H,1-2H3. The largest absolute Gasteiger partial charge is 0.497 e. The average molecular weight is 339 g/mol. The third-order valence-corrected chi connectivity index (χ3v) is 4.72. The van der Waals surface area contributed by atoms with E-state index in [2.05, 4.69) is 55.5 Å². The second-order valence-corrected chi connectivity index (χ2v) is 5.98. The smallest absolute Gasteiger partial charge is 0.146 e. The van der Waals surface area contributed by atoms with Crippen LogP contribution in [0.5, 0.6) is 11.5 Å². The fourth-order valence-electron chi connectivity index (χ4n) is 3.04. The Morgan fingerprint density at radius 2 is 1.12 bits per heavy atom. The van der Waals surface area contributed by atoms with Gasteiger partial charge in [0.2, 0.25) is 0 Å². The third-order valence-electron chi connectivity index (χ3n) is 4.54. The molecule has 0 radical (unpaired) electrons. The van der Waals surface area contributed by atoms with E-state index < -0.39 is 0 Å². The molecule has 122 valence electrons. The lowest BCUT2D eigenvalue weighted by Gasteiger charge is -2.32. The molecule has 24 heavy (non-hydrogen) atoms. The highest BCUT2D eigenvalue weighted by Crippen LogP contribution is 2.39. The summed E-state index contributed by atoms with van der Waals surface area (Å²) in [6.07, 6.45) is 0. The molecule has 0 bridgehead atoms. The lowest BCUT2D eigenvalue weighted by Crippen LogP contribution is -2.25. The molecule has 3 rings (SSSR count). The molecule has 0 aliphatic carbocycles. The summed E-state index contributed by atoms with van der Waals surface area (Å²) in [5.41, 5.74) is 3.28. The molecule has 0 spiro atoms. The van der Waals surface area contributed by atoms with Crippen molar-refractivity contribution in [1.82, 2.24) is 0 Å². The first-order valence-electron chi connectivity index (χ1n) is 7.77. The molecular weight excluding hydrogens is 320 g/mol. The van der Waals surface area contributed by atoms with Gasteiger partial charge in [-0.3, -0.25) is 0 Å². The highest BCUT2D eigenvalue weighted by atomic mass is 35.5. The molecule has 0 aliphatic heterocycles. The maximum absolute atomic E-state index is 5.45. The van der Waals surface area contributed by atoms with Crippen molar-refractivity contribution in [3.8, 4) is 11.5 Å². The van der Waals surface area contributed by atoms with Gasteiger partial charge < -0.3 is 9.03 Å². The first-order chi connectivity index (χ1) is 11.7. The van der Waals surface area contributed by atoms with Gasteiger partial charge in [0.1, 0.15) is 23.4 Å². The Morgan fingerprint density at radius 3 is 1.58 bits per heavy atom. The number of benzene rings is 3. The quantitative estimate of drug-likeness (QED) is 0.565. The highest BCUT2D eigenvalue weighted by molar-refractivity contribution is 6.09. The molecule has 0 N–H and O–H groups in total. The third kappa shape index (κ3) is 2.98. The minimum Gasteiger partial charge on any atom is -0.497 e. The van der Waals surface area contributed by atoms with E-state index in [0.29, 0.717) is 5.75 Å². The van der Waals surface area contributed by atoms with E-state index in [1.807, 2.05) is 30.3 Å². The molecule has 1 unspecified atom stereocenters. The fourth-order valence-corrected chi connectivity index (χ4v) is 3.14. The predicted molar refractivity (Wildman–Crippen MR) is 97.9 cm³/mol. The molecule has 0 heterocycles. The summed E-state index contributed by atoms with van der Waals surface area (Å²) in [6.45, 7) is 2.22. The molecular formula is C21H19ClO2. The Hall–Kier alpha value is -2.45. The van der Waals surface area contributed by atoms with Gasteiger partial charge in [0.05, 0.1) is 7.11 Å². The highest BCUT2D eigenvalue weighted by Gasteiger charge is 2.31. The van der Waals surface area contributed by atoms with Crippen molar-refractivity contribution < 1.29 is 9.03 Å². The second kappa shape index (κ2) is 6.98. The van der Waals surface area contributed by atoms with Crippen molar-refractivity contribution in [3.63, 3.8) is 0 Å². The van der Waals surface area contributed by atoms with Gasteiger partial charge in [-0.05, 0) is 47.9 Å². The zero-order valence-corrected chi connectivity index (χ0v) is 14.5. The fraction of sp³-hybridized carbons (Fsp3) is 0.143. The van der Waals surface area contributed by atoms with Crippen molar-refractivity contribution in [2.24, 2.45) is 0 Å². The number of hydrogen-bond donors (Lipinski definition) is 0. The molecule has 0 aliphatic rings. The molecule has 3 heteroatoms. The topological polar surface area (TPSA) is 18.5 Å². The van der Waals surface area contributed by atoms with Crippen LogP contribution in [-0.2, 0) is 5.41 Å². The van der Waals surface area contributed by atoms with Gasteiger partial charge in [-0.2, -0.15) is 0 Å². The van der Waals surface area contributed by atoms with Crippen LogP contribution < -0.4 is 9.03 Å². The maximum Gasteiger partial charge on any atom is 0.146 e. The van der Waals surface area contributed by atoms with Crippen LogP contribution in [0.15, 0.2) is 78.9 Å².